The molecule has 0 aliphatic heterocycles. The van der Waals surface area contributed by atoms with Crippen LogP contribution in [0.4, 0.5) is 0 Å². The predicted octanol–water partition coefficient (Wildman–Crippen LogP) is 0.318. The molecule has 0 bridgehead atoms. The second-order valence-electron chi connectivity index (χ2n) is 1.03. The molecule has 0 N–H and O–H groups in total. The summed E-state index contributed by atoms with van der Waals surface area (Å²) in [4.78, 5) is 10.3. The minimum absolute atomic E-state index is 0. The van der Waals surface area contributed by atoms with E-state index in [1.165, 1.54) is 6.08 Å². The Kier molecular flexibility index (Phi) is 8.44. The summed E-state index contributed by atoms with van der Waals surface area (Å²) >= 11 is 8.50. The topological polar surface area (TPSA) is 32.3 Å². The van der Waals surface area contributed by atoms with Crippen LogP contribution in [0, 0.1) is 0 Å². The van der Waals surface area contributed by atoms with Gasteiger partial charge in [-0.1, -0.05) is 6.08 Å². The van der Waals surface area contributed by atoms with Gasteiger partial charge in [-0.15, -0.1) is 24.1 Å². The Balaban J connectivity index is 0. The van der Waals surface area contributed by atoms with Gasteiger partial charge >= 0.3 is 17.1 Å². The van der Waals surface area contributed by atoms with Crippen LogP contribution >= 0.6 is 5.69 Å². The maximum atomic E-state index is 10.3. The van der Waals surface area contributed by atoms with Crippen LogP contribution in [0.1, 0.15) is 0 Å². The van der Waals surface area contributed by atoms with Gasteiger partial charge in [0.05, 0.1) is 6.61 Å². The van der Waals surface area contributed by atoms with E-state index < -0.39 is 5.69 Å². The Hall–Kier alpha value is 1.18. The van der Waals surface area contributed by atoms with Gasteiger partial charge in [-0.2, -0.15) is 0 Å². The van der Waals surface area contributed by atoms with Crippen molar-refractivity contribution in [2.45, 2.75) is 0 Å². The first kappa shape index (κ1) is 12.8. The largest absolute Gasteiger partial charge is 2.00 e. The third kappa shape index (κ3) is 12.4. The molecule has 0 rings (SSSR count). The zero-order chi connectivity index (χ0) is 6.62. The van der Waals surface area contributed by atoms with Gasteiger partial charge in [0.2, 0.25) is 0 Å². The fourth-order valence-electron chi connectivity index (χ4n) is 0.144. The van der Waals surface area contributed by atoms with E-state index in [2.05, 4.69) is 35.2 Å². The quantitative estimate of drug-likeness (QED) is 0.303. The second kappa shape index (κ2) is 5.93. The molecule has 0 aromatic rings. The fourth-order valence-corrected chi connectivity index (χ4v) is 0.797. The number of rotatable bonds is 3. The number of hydrogen-bond donors (Lipinski definition) is 0. The van der Waals surface area contributed by atoms with Crippen molar-refractivity contribution in [3.05, 3.63) is 12.7 Å². The Bertz CT molecular complexity index is 123. The summed E-state index contributed by atoms with van der Waals surface area (Å²) in [6, 6.07) is 0. The summed E-state index contributed by atoms with van der Waals surface area (Å²) in [5, 5.41) is 0. The van der Waals surface area contributed by atoms with Crippen molar-refractivity contribution >= 4 is 29.7 Å². The Morgan fingerprint density at radius 1 is 1.89 bits per heavy atom. The van der Waals surface area contributed by atoms with E-state index in [-0.39, 0.29) is 23.7 Å². The average Bonchev–Trinajstić information content (AvgIpc) is 1.59. The molecule has 0 fully saturated rings. The molecule has 0 heterocycles. The van der Waals surface area contributed by atoms with Gasteiger partial charge in [0, 0.05) is 0 Å². The summed E-state index contributed by atoms with van der Waals surface area (Å²) in [6.07, 6.45) is 1.45. The molecule has 0 aliphatic carbocycles. The van der Waals surface area contributed by atoms with Crippen LogP contribution in [-0.2, 0) is 45.6 Å². The molecule has 0 saturated carbocycles. The van der Waals surface area contributed by atoms with Crippen LogP contribution < -0.4 is 4.89 Å². The minimum atomic E-state index is -3.09. The van der Waals surface area contributed by atoms with Crippen LogP contribution in [0.3, 0.4) is 0 Å². The third-order valence-corrected chi connectivity index (χ3v) is 1.45. The molecule has 0 aliphatic rings. The SMILES string of the molecule is C=CCOP([O-])(=S)[S-].[Cu+2]. The number of hydrogen-bond acceptors (Lipinski definition) is 4. The Morgan fingerprint density at radius 3 is 2.44 bits per heavy atom. The standard InChI is InChI=1S/C3H7O2PS2.Cu/c1-2-3-5-6(4,7)8;/h2H,1,3H2,(H2,4,7,8);/q;+2/p-2. The monoisotopic (exact) mass is 231 g/mol. The van der Waals surface area contributed by atoms with Crippen LogP contribution in [0.15, 0.2) is 12.7 Å². The van der Waals surface area contributed by atoms with Gasteiger partial charge in [0.25, 0.3) is 0 Å². The van der Waals surface area contributed by atoms with E-state index in [0.717, 1.165) is 0 Å². The maximum Gasteiger partial charge on any atom is 2.00 e. The molecule has 1 unspecified atom stereocenters. The molecular weight excluding hydrogens is 227 g/mol. The van der Waals surface area contributed by atoms with Crippen molar-refractivity contribution < 1.29 is 26.5 Å². The van der Waals surface area contributed by atoms with E-state index in [1.54, 1.807) is 0 Å². The molecule has 6 heteroatoms. The summed E-state index contributed by atoms with van der Waals surface area (Å²) in [5.74, 6) is 0. The minimum Gasteiger partial charge on any atom is -0.819 e. The van der Waals surface area contributed by atoms with Crippen molar-refractivity contribution in [3.8, 4) is 0 Å². The van der Waals surface area contributed by atoms with Crippen molar-refractivity contribution in [3.63, 3.8) is 0 Å². The summed E-state index contributed by atoms with van der Waals surface area (Å²) in [7, 11) is 0. The van der Waals surface area contributed by atoms with Crippen molar-refractivity contribution in [2.75, 3.05) is 6.61 Å². The van der Waals surface area contributed by atoms with E-state index in [4.69, 9.17) is 0 Å². The van der Waals surface area contributed by atoms with E-state index in [9.17, 15) is 4.89 Å². The fraction of sp³-hybridized carbons (Fsp3) is 0.333. The molecule has 57 valence electrons. The third-order valence-electron chi connectivity index (χ3n) is 0.351. The normalized spacial score (nSPS) is 15.3. The molecule has 0 spiro atoms. The summed E-state index contributed by atoms with van der Waals surface area (Å²) in [5.41, 5.74) is -3.09. The van der Waals surface area contributed by atoms with Gasteiger partial charge in [-0.3, -0.25) is 0 Å². The van der Waals surface area contributed by atoms with Gasteiger partial charge in [-0.25, -0.2) is 0 Å². The molecule has 9 heavy (non-hydrogen) atoms. The maximum absolute atomic E-state index is 10.3. The molecule has 0 saturated heterocycles. The van der Waals surface area contributed by atoms with Crippen molar-refractivity contribution in [1.29, 1.82) is 0 Å². The van der Waals surface area contributed by atoms with Gasteiger partial charge in [-0.05, 0) is 0 Å². The van der Waals surface area contributed by atoms with Crippen molar-refractivity contribution in [2.24, 2.45) is 0 Å². The van der Waals surface area contributed by atoms with Crippen LogP contribution in [-0.4, -0.2) is 6.61 Å². The zero-order valence-electron chi connectivity index (χ0n) is 4.37. The Labute approximate surface area is 75.5 Å². The molecular formula is C3H5CuO2PS2. The molecule has 1 atom stereocenters. The summed E-state index contributed by atoms with van der Waals surface area (Å²) < 4.78 is 4.45. The van der Waals surface area contributed by atoms with Crippen LogP contribution in [0.5, 0.6) is 0 Å². The van der Waals surface area contributed by atoms with E-state index in [0.29, 0.717) is 0 Å². The van der Waals surface area contributed by atoms with Gasteiger partial charge in [0.15, 0.2) is 0 Å². The average molecular weight is 232 g/mol. The van der Waals surface area contributed by atoms with Gasteiger partial charge in [0.1, 0.15) is 0 Å². The molecule has 1 radical (unpaired) electrons. The van der Waals surface area contributed by atoms with Crippen molar-refractivity contribution in [1.82, 2.24) is 0 Å². The Morgan fingerprint density at radius 2 is 2.33 bits per heavy atom. The zero-order valence-corrected chi connectivity index (χ0v) is 7.84. The first-order chi connectivity index (χ1) is 3.56. The van der Waals surface area contributed by atoms with Crippen LogP contribution in [0.2, 0.25) is 0 Å². The van der Waals surface area contributed by atoms with Crippen LogP contribution in [0.25, 0.3) is 0 Å². The first-order valence-corrected chi connectivity index (χ1v) is 5.49. The molecule has 0 amide bonds. The smallest absolute Gasteiger partial charge is 0.819 e. The van der Waals surface area contributed by atoms with E-state index >= 15 is 0 Å². The first-order valence-electron chi connectivity index (χ1n) is 1.84. The van der Waals surface area contributed by atoms with Gasteiger partial charge < -0.3 is 21.7 Å². The summed E-state index contributed by atoms with van der Waals surface area (Å²) in [6.45, 7) is 3.50. The molecule has 2 nitrogen and oxygen atoms in total. The predicted molar refractivity (Wildman–Crippen MR) is 37.8 cm³/mol. The molecule has 0 aromatic carbocycles. The second-order valence-corrected chi connectivity index (χ2v) is 5.76. The molecule has 0 aromatic heterocycles. The van der Waals surface area contributed by atoms with E-state index in [1.807, 2.05) is 0 Å².